The maximum absolute atomic E-state index is 11.4. The van der Waals surface area contributed by atoms with E-state index in [4.69, 9.17) is 15.0 Å². The molecule has 4 rings (SSSR count). The number of ether oxygens (including phenoxy) is 1. The van der Waals surface area contributed by atoms with Crippen LogP contribution in [0.4, 0.5) is 5.82 Å². The van der Waals surface area contributed by atoms with Gasteiger partial charge in [0.05, 0.1) is 6.61 Å². The maximum Gasteiger partial charge on any atom is 1.00 e. The average Bonchev–Trinajstić information content (AvgIpc) is 2.97. The van der Waals surface area contributed by atoms with E-state index >= 15 is 0 Å². The van der Waals surface area contributed by atoms with E-state index in [1.165, 1.54) is 10.9 Å². The number of imidazole rings is 1. The molecule has 0 saturated carbocycles. The first-order chi connectivity index (χ1) is 10.9. The van der Waals surface area contributed by atoms with E-state index in [0.717, 1.165) is 0 Å². The second-order valence-corrected chi connectivity index (χ2v) is 7.12. The van der Waals surface area contributed by atoms with Crippen molar-refractivity contribution in [2.24, 2.45) is 0 Å². The Morgan fingerprint density at radius 3 is 3.00 bits per heavy atom. The number of phosphoric acid groups is 1. The first-order valence-corrected chi connectivity index (χ1v) is 8.74. The van der Waals surface area contributed by atoms with Crippen LogP contribution in [0, 0.1) is 0 Å². The molecule has 2 fully saturated rings. The number of fused-ring (bicyclic) bond motifs is 2. The van der Waals surface area contributed by atoms with E-state index < -0.39 is 32.4 Å². The molecule has 2 aliphatic rings. The Labute approximate surface area is 165 Å². The first-order valence-electron chi connectivity index (χ1n) is 6.49. The molecule has 124 valence electrons. The van der Waals surface area contributed by atoms with Gasteiger partial charge >= 0.3 is 29.6 Å². The average molecular weight is 430 g/mol. The fourth-order valence-electron chi connectivity index (χ4n) is 2.67. The normalized spacial score (nSPS) is 35.6. The van der Waals surface area contributed by atoms with Crippen LogP contribution in [-0.4, -0.2) is 49.5 Å². The van der Waals surface area contributed by atoms with Crippen LogP contribution >= 0.6 is 23.8 Å². The van der Waals surface area contributed by atoms with E-state index in [1.807, 2.05) is 0 Å². The first kappa shape index (κ1) is 18.6. The third kappa shape index (κ3) is 2.94. The molecule has 0 aliphatic carbocycles. The Morgan fingerprint density at radius 2 is 2.25 bits per heavy atom. The van der Waals surface area contributed by atoms with Crippen molar-refractivity contribution in [1.29, 1.82) is 0 Å². The third-order valence-corrected chi connectivity index (χ3v) is 5.20. The number of aliphatic hydroxyl groups excluding tert-OH is 1. The van der Waals surface area contributed by atoms with Gasteiger partial charge in [-0.1, -0.05) is 0 Å². The van der Waals surface area contributed by atoms with Gasteiger partial charge in [-0.2, -0.15) is 0 Å². The molecule has 2 saturated heterocycles. The van der Waals surface area contributed by atoms with Gasteiger partial charge in [-0.15, -0.1) is 0 Å². The predicted octanol–water partition coefficient (Wildman–Crippen LogP) is -3.68. The van der Waals surface area contributed by atoms with Crippen molar-refractivity contribution < 1.29 is 57.9 Å². The van der Waals surface area contributed by atoms with E-state index in [1.54, 1.807) is 0 Å². The number of phosphoric ester groups is 1. The number of nitrogens with zero attached hydrogens (tertiary/aromatic N) is 4. The predicted molar refractivity (Wildman–Crippen MR) is 75.8 cm³/mol. The summed E-state index contributed by atoms with van der Waals surface area (Å²) >= 11 is 3.25. The molecule has 0 radical (unpaired) electrons. The molecule has 2 aromatic rings. The van der Waals surface area contributed by atoms with Crippen LogP contribution in [0.1, 0.15) is 6.23 Å². The summed E-state index contributed by atoms with van der Waals surface area (Å²) in [4.78, 5) is 23.5. The Bertz CT molecular complexity index is 837. The molecule has 14 heteroatoms. The minimum Gasteiger partial charge on any atom is -0.756 e. The molecule has 4 heterocycles. The second-order valence-electron chi connectivity index (χ2n) is 5.05. The van der Waals surface area contributed by atoms with Crippen LogP contribution < -0.4 is 40.2 Å². The van der Waals surface area contributed by atoms with Gasteiger partial charge in [0.1, 0.15) is 24.6 Å². The van der Waals surface area contributed by atoms with Crippen LogP contribution in [0.25, 0.3) is 11.2 Å². The van der Waals surface area contributed by atoms with Gasteiger partial charge in [-0.3, -0.25) is 9.13 Å². The quantitative estimate of drug-likeness (QED) is 0.262. The van der Waals surface area contributed by atoms with E-state index in [0.29, 0.717) is 15.9 Å². The summed E-state index contributed by atoms with van der Waals surface area (Å²) in [5.74, 6) is 0.169. The molecule has 24 heavy (non-hydrogen) atoms. The Morgan fingerprint density at radius 1 is 1.50 bits per heavy atom. The smallest absolute Gasteiger partial charge is 0.756 e. The van der Waals surface area contributed by atoms with Crippen molar-refractivity contribution in [3.63, 3.8) is 0 Å². The summed E-state index contributed by atoms with van der Waals surface area (Å²) in [6.07, 6.45) is -2.80. The monoisotopic (exact) mass is 429 g/mol. The number of aromatic nitrogens is 4. The Hall–Kier alpha value is -0.140. The number of rotatable bonds is 1. The fraction of sp³-hybridized carbons (Fsp3) is 0.500. The van der Waals surface area contributed by atoms with Crippen LogP contribution in [0.15, 0.2) is 11.1 Å². The number of hydrogen-bond acceptors (Lipinski definition) is 10. The van der Waals surface area contributed by atoms with Gasteiger partial charge in [-0.05, 0) is 15.9 Å². The van der Waals surface area contributed by atoms with Gasteiger partial charge in [-0.25, -0.2) is 15.0 Å². The Balaban J connectivity index is 0.00000169. The van der Waals surface area contributed by atoms with Gasteiger partial charge < -0.3 is 29.5 Å². The summed E-state index contributed by atoms with van der Waals surface area (Å²) in [6.45, 7) is -0.236. The molecule has 11 nitrogen and oxygen atoms in total. The van der Waals surface area contributed by atoms with Gasteiger partial charge in [0.2, 0.25) is 0 Å². The van der Waals surface area contributed by atoms with Crippen molar-refractivity contribution >= 4 is 40.7 Å². The molecule has 0 aromatic carbocycles. The van der Waals surface area contributed by atoms with Crippen LogP contribution in [0.5, 0.6) is 0 Å². The summed E-state index contributed by atoms with van der Waals surface area (Å²) in [6, 6.07) is 0. The summed E-state index contributed by atoms with van der Waals surface area (Å²) in [7, 11) is -4.44. The molecule has 5 atom stereocenters. The molecule has 3 N–H and O–H groups in total. The minimum atomic E-state index is -4.44. The number of anilines is 1. The Kier molecular flexibility index (Phi) is 5.08. The maximum atomic E-state index is 11.4. The van der Waals surface area contributed by atoms with Crippen molar-refractivity contribution in [3.8, 4) is 0 Å². The SMILES string of the molecule is Nc1ncnc2c1nc(Br)n2[C@@H]1O[C@@H]2COP(=O)([O-])O[C@@H]2C1O.[Na+]. The van der Waals surface area contributed by atoms with Crippen molar-refractivity contribution in [3.05, 3.63) is 11.1 Å². The molecular weight excluding hydrogens is 420 g/mol. The number of halogens is 1. The third-order valence-electron chi connectivity index (χ3n) is 3.67. The zero-order chi connectivity index (χ0) is 16.4. The molecule has 2 unspecified atom stereocenters. The molecule has 0 spiro atoms. The zero-order valence-corrected chi connectivity index (χ0v) is 16.8. The summed E-state index contributed by atoms with van der Waals surface area (Å²) < 4.78 is 28.2. The van der Waals surface area contributed by atoms with E-state index in [9.17, 15) is 14.6 Å². The number of nitrogen functional groups attached to an aromatic ring is 1. The molecule has 0 bridgehead atoms. The van der Waals surface area contributed by atoms with Crippen molar-refractivity contribution in [2.45, 2.75) is 24.5 Å². The summed E-state index contributed by atoms with van der Waals surface area (Å²) in [5.41, 5.74) is 6.41. The summed E-state index contributed by atoms with van der Waals surface area (Å²) in [5, 5.41) is 10.4. The number of nitrogens with two attached hydrogens (primary N) is 1. The van der Waals surface area contributed by atoms with Crippen molar-refractivity contribution in [1.82, 2.24) is 19.5 Å². The zero-order valence-electron chi connectivity index (χ0n) is 12.3. The van der Waals surface area contributed by atoms with Gasteiger partial charge in [0.25, 0.3) is 7.82 Å². The van der Waals surface area contributed by atoms with Crippen molar-refractivity contribution in [2.75, 3.05) is 12.3 Å². The van der Waals surface area contributed by atoms with Crippen LogP contribution in [0.3, 0.4) is 0 Å². The molecular formula is C10H10BrN5NaO6P. The standard InChI is InChI=1S/C10H11BrN5O6P.Na/c11-10-15-4-7(12)13-2-14-8(4)16(10)9-5(17)6-3(21-9)1-20-23(18,19)22-6;/h2-3,5-6,9,17H,1H2,(H,18,19)(H2,12,13,14);/q;+1/p-1/t3-,5?,6+,9-;/m1./s1. The van der Waals surface area contributed by atoms with Gasteiger partial charge in [0.15, 0.2) is 27.9 Å². The van der Waals surface area contributed by atoms with Crippen LogP contribution in [0.2, 0.25) is 0 Å². The van der Waals surface area contributed by atoms with Crippen LogP contribution in [-0.2, 0) is 18.3 Å². The molecule has 2 aliphatic heterocycles. The second kappa shape index (κ2) is 6.54. The van der Waals surface area contributed by atoms with E-state index in [-0.39, 0.29) is 42.0 Å². The largest absolute Gasteiger partial charge is 1.00 e. The molecule has 0 amide bonds. The molecule has 2 aromatic heterocycles. The van der Waals surface area contributed by atoms with E-state index in [2.05, 4.69) is 35.4 Å². The van der Waals surface area contributed by atoms with Gasteiger partial charge in [0, 0.05) is 0 Å². The topological polar surface area (TPSA) is 158 Å². The minimum absolute atomic E-state index is 0. The number of hydrogen-bond donors (Lipinski definition) is 2. The fourth-order valence-corrected chi connectivity index (χ4v) is 4.16. The number of aliphatic hydroxyl groups is 1.